The smallest absolute Gasteiger partial charge is 0.254 e. The van der Waals surface area contributed by atoms with Crippen LogP contribution in [0.3, 0.4) is 0 Å². The second-order valence-corrected chi connectivity index (χ2v) is 4.58. The SMILES string of the molecule is CCCNc1nccc(C(=O)NCc2ccnn2C)c1F. The van der Waals surface area contributed by atoms with Gasteiger partial charge in [0.25, 0.3) is 5.91 Å². The highest BCUT2D eigenvalue weighted by molar-refractivity contribution is 5.95. The standard InChI is InChI=1S/C14H18FN5O/c1-3-6-16-13-12(15)11(5-7-17-13)14(21)18-9-10-4-8-19-20(10)2/h4-5,7-8H,3,6,9H2,1-2H3,(H,16,17)(H,18,21). The van der Waals surface area contributed by atoms with Crippen LogP contribution < -0.4 is 10.6 Å². The lowest BCUT2D eigenvalue weighted by molar-refractivity contribution is 0.0946. The van der Waals surface area contributed by atoms with E-state index in [1.165, 1.54) is 12.3 Å². The van der Waals surface area contributed by atoms with E-state index in [4.69, 9.17) is 0 Å². The zero-order valence-electron chi connectivity index (χ0n) is 12.1. The number of nitrogens with one attached hydrogen (secondary N) is 2. The summed E-state index contributed by atoms with van der Waals surface area (Å²) in [5.74, 6) is -1.01. The number of nitrogens with zero attached hydrogens (tertiary/aromatic N) is 3. The van der Waals surface area contributed by atoms with Crippen LogP contribution in [0.1, 0.15) is 29.4 Å². The molecule has 0 spiro atoms. The molecular formula is C14H18FN5O. The zero-order chi connectivity index (χ0) is 15.2. The van der Waals surface area contributed by atoms with Crippen molar-refractivity contribution >= 4 is 11.7 Å². The van der Waals surface area contributed by atoms with Crippen molar-refractivity contribution in [3.05, 3.63) is 41.6 Å². The van der Waals surface area contributed by atoms with Gasteiger partial charge in [-0.2, -0.15) is 5.10 Å². The number of aryl methyl sites for hydroxylation is 1. The number of anilines is 1. The van der Waals surface area contributed by atoms with E-state index in [1.807, 2.05) is 6.92 Å². The van der Waals surface area contributed by atoms with Crippen LogP contribution in [0, 0.1) is 5.82 Å². The number of aromatic nitrogens is 3. The Morgan fingerprint density at radius 2 is 2.19 bits per heavy atom. The Morgan fingerprint density at radius 3 is 2.86 bits per heavy atom. The minimum absolute atomic E-state index is 0.0224. The van der Waals surface area contributed by atoms with Crippen LogP contribution in [0.5, 0.6) is 0 Å². The van der Waals surface area contributed by atoms with Gasteiger partial charge in [0, 0.05) is 26.0 Å². The molecule has 0 saturated carbocycles. The number of amides is 1. The lowest BCUT2D eigenvalue weighted by Crippen LogP contribution is -2.25. The van der Waals surface area contributed by atoms with Gasteiger partial charge in [0.2, 0.25) is 0 Å². The quantitative estimate of drug-likeness (QED) is 0.850. The van der Waals surface area contributed by atoms with Crippen molar-refractivity contribution in [3.63, 3.8) is 0 Å². The van der Waals surface area contributed by atoms with Crippen LogP contribution in [0.15, 0.2) is 24.5 Å². The van der Waals surface area contributed by atoms with E-state index in [2.05, 4.69) is 20.7 Å². The first-order chi connectivity index (χ1) is 10.1. The Labute approximate surface area is 122 Å². The number of carbonyl (C=O) groups is 1. The Morgan fingerprint density at radius 1 is 1.38 bits per heavy atom. The van der Waals surface area contributed by atoms with Gasteiger partial charge in [-0.05, 0) is 18.6 Å². The molecule has 0 fully saturated rings. The van der Waals surface area contributed by atoms with Crippen molar-refractivity contribution in [2.45, 2.75) is 19.9 Å². The number of hydrogen-bond acceptors (Lipinski definition) is 4. The van der Waals surface area contributed by atoms with Crippen LogP contribution in [0.25, 0.3) is 0 Å². The van der Waals surface area contributed by atoms with Crippen molar-refractivity contribution < 1.29 is 9.18 Å². The van der Waals surface area contributed by atoms with Gasteiger partial charge < -0.3 is 10.6 Å². The van der Waals surface area contributed by atoms with Crippen molar-refractivity contribution in [2.75, 3.05) is 11.9 Å². The van der Waals surface area contributed by atoms with Crippen LogP contribution in [0.2, 0.25) is 0 Å². The minimum atomic E-state index is -0.631. The lowest BCUT2D eigenvalue weighted by atomic mass is 10.2. The Hall–Kier alpha value is -2.44. The fraction of sp³-hybridized carbons (Fsp3) is 0.357. The molecule has 0 radical (unpaired) electrons. The third kappa shape index (κ3) is 3.56. The third-order valence-electron chi connectivity index (χ3n) is 3.03. The van der Waals surface area contributed by atoms with Crippen molar-refractivity contribution in [3.8, 4) is 0 Å². The Kier molecular flexibility index (Phi) is 4.86. The summed E-state index contributed by atoms with van der Waals surface area (Å²) in [6.45, 7) is 2.86. The van der Waals surface area contributed by atoms with E-state index >= 15 is 0 Å². The predicted molar refractivity (Wildman–Crippen MR) is 77.4 cm³/mol. The lowest BCUT2D eigenvalue weighted by Gasteiger charge is -2.09. The molecule has 0 aliphatic heterocycles. The molecule has 0 aliphatic carbocycles. The number of carbonyl (C=O) groups excluding carboxylic acids is 1. The number of hydrogen-bond donors (Lipinski definition) is 2. The fourth-order valence-corrected chi connectivity index (χ4v) is 1.83. The monoisotopic (exact) mass is 291 g/mol. The molecule has 0 aliphatic rings. The van der Waals surface area contributed by atoms with Crippen LogP contribution in [-0.2, 0) is 13.6 Å². The summed E-state index contributed by atoms with van der Waals surface area (Å²) in [5.41, 5.74) is 0.813. The normalized spacial score (nSPS) is 10.4. The van der Waals surface area contributed by atoms with E-state index < -0.39 is 11.7 Å². The summed E-state index contributed by atoms with van der Waals surface area (Å²) in [4.78, 5) is 16.0. The summed E-state index contributed by atoms with van der Waals surface area (Å²) in [7, 11) is 1.78. The highest BCUT2D eigenvalue weighted by atomic mass is 19.1. The fourth-order valence-electron chi connectivity index (χ4n) is 1.83. The van der Waals surface area contributed by atoms with Crippen LogP contribution in [-0.4, -0.2) is 27.2 Å². The van der Waals surface area contributed by atoms with Gasteiger partial charge in [-0.1, -0.05) is 6.92 Å². The molecular weight excluding hydrogens is 273 g/mol. The number of pyridine rings is 1. The molecule has 2 rings (SSSR count). The second-order valence-electron chi connectivity index (χ2n) is 4.58. The Bertz CT molecular complexity index is 626. The molecule has 7 heteroatoms. The maximum atomic E-state index is 14.2. The number of halogens is 1. The summed E-state index contributed by atoms with van der Waals surface area (Å²) < 4.78 is 15.8. The van der Waals surface area contributed by atoms with Gasteiger partial charge in [0.05, 0.1) is 17.8 Å². The maximum Gasteiger partial charge on any atom is 0.254 e. The topological polar surface area (TPSA) is 71.8 Å². The molecule has 21 heavy (non-hydrogen) atoms. The predicted octanol–water partition coefficient (Wildman–Crippen LogP) is 1.71. The maximum absolute atomic E-state index is 14.2. The van der Waals surface area contributed by atoms with Crippen molar-refractivity contribution in [1.29, 1.82) is 0 Å². The van der Waals surface area contributed by atoms with E-state index in [-0.39, 0.29) is 17.9 Å². The van der Waals surface area contributed by atoms with Gasteiger partial charge in [-0.25, -0.2) is 9.37 Å². The summed E-state index contributed by atoms with van der Waals surface area (Å²) >= 11 is 0. The summed E-state index contributed by atoms with van der Waals surface area (Å²) in [5, 5.41) is 9.53. The minimum Gasteiger partial charge on any atom is -0.368 e. The van der Waals surface area contributed by atoms with E-state index in [0.717, 1.165) is 12.1 Å². The van der Waals surface area contributed by atoms with Gasteiger partial charge >= 0.3 is 0 Å². The zero-order valence-corrected chi connectivity index (χ0v) is 12.1. The van der Waals surface area contributed by atoms with E-state index in [9.17, 15) is 9.18 Å². The van der Waals surface area contributed by atoms with Crippen LogP contribution >= 0.6 is 0 Å². The molecule has 0 saturated heterocycles. The molecule has 2 aromatic rings. The van der Waals surface area contributed by atoms with Gasteiger partial charge in [-0.3, -0.25) is 9.48 Å². The van der Waals surface area contributed by atoms with E-state index in [1.54, 1.807) is 24.0 Å². The molecule has 2 heterocycles. The molecule has 112 valence electrons. The molecule has 1 amide bonds. The highest BCUT2D eigenvalue weighted by Gasteiger charge is 2.16. The summed E-state index contributed by atoms with van der Waals surface area (Å²) in [6.07, 6.45) is 3.90. The van der Waals surface area contributed by atoms with Gasteiger partial charge in [0.1, 0.15) is 0 Å². The first kappa shape index (κ1) is 15.0. The first-order valence-electron chi connectivity index (χ1n) is 6.77. The molecule has 0 aromatic carbocycles. The highest BCUT2D eigenvalue weighted by Crippen LogP contribution is 2.15. The molecule has 0 atom stereocenters. The van der Waals surface area contributed by atoms with Crippen molar-refractivity contribution in [2.24, 2.45) is 7.05 Å². The molecule has 2 N–H and O–H groups in total. The largest absolute Gasteiger partial charge is 0.368 e. The Balaban J connectivity index is 2.07. The van der Waals surface area contributed by atoms with Crippen molar-refractivity contribution in [1.82, 2.24) is 20.1 Å². The summed E-state index contributed by atoms with van der Waals surface area (Å²) in [6, 6.07) is 3.16. The van der Waals surface area contributed by atoms with Gasteiger partial charge in [0.15, 0.2) is 11.6 Å². The van der Waals surface area contributed by atoms with Crippen LogP contribution in [0.4, 0.5) is 10.2 Å². The molecule has 0 bridgehead atoms. The number of rotatable bonds is 6. The first-order valence-corrected chi connectivity index (χ1v) is 6.77. The average Bonchev–Trinajstić information content (AvgIpc) is 2.89. The third-order valence-corrected chi connectivity index (χ3v) is 3.03. The molecule has 0 unspecified atom stereocenters. The van der Waals surface area contributed by atoms with Gasteiger partial charge in [-0.15, -0.1) is 0 Å². The molecule has 6 nitrogen and oxygen atoms in total. The average molecular weight is 291 g/mol. The van der Waals surface area contributed by atoms with E-state index in [0.29, 0.717) is 6.54 Å². The second kappa shape index (κ2) is 6.83. The molecule has 2 aromatic heterocycles.